The predicted octanol–water partition coefficient (Wildman–Crippen LogP) is 2.67. The topological polar surface area (TPSA) is 87.6 Å². The molecule has 6 nitrogen and oxygen atoms in total. The Bertz CT molecular complexity index is 985. The van der Waals surface area contributed by atoms with Crippen LogP contribution in [0.25, 0.3) is 0 Å². The van der Waals surface area contributed by atoms with Crippen LogP contribution in [0.2, 0.25) is 0 Å². The first kappa shape index (κ1) is 20.1. The Morgan fingerprint density at radius 1 is 1.04 bits per heavy atom. The largest absolute Gasteiger partial charge is 0.354 e. The Morgan fingerprint density at radius 2 is 1.68 bits per heavy atom. The van der Waals surface area contributed by atoms with E-state index < -0.39 is 16.1 Å². The van der Waals surface area contributed by atoms with Gasteiger partial charge in [0.15, 0.2) is 0 Å². The number of nitrogens with one attached hydrogen (secondary N) is 2. The van der Waals surface area contributed by atoms with Gasteiger partial charge in [0.2, 0.25) is 5.91 Å². The number of nitrogens with zero attached hydrogens (tertiary/aromatic N) is 1. The van der Waals surface area contributed by atoms with Crippen LogP contribution < -0.4 is 10.0 Å². The summed E-state index contributed by atoms with van der Waals surface area (Å²) < 4.78 is 27.0. The summed E-state index contributed by atoms with van der Waals surface area (Å²) in [7, 11) is -3.63. The molecule has 1 aliphatic rings. The molecule has 0 bridgehead atoms. The molecule has 1 heterocycles. The molecule has 1 amide bonds. The first-order valence-corrected chi connectivity index (χ1v) is 10.8. The van der Waals surface area contributed by atoms with E-state index in [4.69, 9.17) is 0 Å². The molecule has 0 saturated carbocycles. The standard InChI is InChI=1S/C21H25N3O3S/c1-14(2)19(21(25)22-13-15(3)16-9-5-4-6-10-16)23-20-17-11-7-8-12-18(17)28(26,27)24-20/h4-12,14-15,19H,13H2,1-3H3,(H,22,25)(H,23,24). The average Bonchev–Trinajstić information content (AvgIpc) is 2.95. The van der Waals surface area contributed by atoms with Crippen molar-refractivity contribution >= 4 is 21.8 Å². The highest BCUT2D eigenvalue weighted by Gasteiger charge is 2.32. The van der Waals surface area contributed by atoms with Gasteiger partial charge in [0.1, 0.15) is 11.9 Å². The maximum absolute atomic E-state index is 12.8. The average molecular weight is 400 g/mol. The van der Waals surface area contributed by atoms with Gasteiger partial charge in [0.05, 0.1) is 4.90 Å². The van der Waals surface area contributed by atoms with E-state index in [0.29, 0.717) is 12.1 Å². The first-order chi connectivity index (χ1) is 13.3. The number of fused-ring (bicyclic) bond motifs is 1. The number of benzene rings is 2. The Kier molecular flexibility index (Phi) is 5.84. The molecule has 2 N–H and O–H groups in total. The maximum Gasteiger partial charge on any atom is 0.263 e. The van der Waals surface area contributed by atoms with Gasteiger partial charge in [0, 0.05) is 12.1 Å². The molecule has 2 aromatic rings. The number of aliphatic imine (C=N–C) groups is 1. The zero-order valence-electron chi connectivity index (χ0n) is 16.2. The zero-order valence-corrected chi connectivity index (χ0v) is 17.0. The molecule has 7 heteroatoms. The fourth-order valence-corrected chi connectivity index (χ4v) is 4.38. The van der Waals surface area contributed by atoms with Gasteiger partial charge in [-0.2, -0.15) is 0 Å². The van der Waals surface area contributed by atoms with Gasteiger partial charge < -0.3 is 5.32 Å². The smallest absolute Gasteiger partial charge is 0.263 e. The molecule has 2 aromatic carbocycles. The molecular formula is C21H25N3O3S. The Hall–Kier alpha value is -2.67. The van der Waals surface area contributed by atoms with Crippen LogP contribution in [-0.4, -0.2) is 32.7 Å². The molecule has 28 heavy (non-hydrogen) atoms. The fraction of sp³-hybridized carbons (Fsp3) is 0.333. The number of amides is 1. The lowest BCUT2D eigenvalue weighted by molar-refractivity contribution is -0.123. The van der Waals surface area contributed by atoms with Crippen LogP contribution in [-0.2, 0) is 14.8 Å². The minimum atomic E-state index is -3.63. The molecule has 1 aliphatic heterocycles. The van der Waals surface area contributed by atoms with Crippen molar-refractivity contribution in [2.75, 3.05) is 6.54 Å². The number of hydrogen-bond acceptors (Lipinski definition) is 4. The number of amidine groups is 1. The first-order valence-electron chi connectivity index (χ1n) is 9.32. The molecule has 0 saturated heterocycles. The van der Waals surface area contributed by atoms with Crippen molar-refractivity contribution in [3.8, 4) is 0 Å². The molecule has 2 unspecified atom stereocenters. The Morgan fingerprint density at radius 3 is 2.36 bits per heavy atom. The predicted molar refractivity (Wildman–Crippen MR) is 110 cm³/mol. The third-order valence-corrected chi connectivity index (χ3v) is 6.18. The van der Waals surface area contributed by atoms with Crippen molar-refractivity contribution in [2.24, 2.45) is 10.9 Å². The van der Waals surface area contributed by atoms with Crippen LogP contribution in [0.1, 0.15) is 37.8 Å². The van der Waals surface area contributed by atoms with Gasteiger partial charge in [-0.1, -0.05) is 63.2 Å². The van der Waals surface area contributed by atoms with Crippen molar-refractivity contribution in [3.05, 3.63) is 65.7 Å². The van der Waals surface area contributed by atoms with Gasteiger partial charge in [0.25, 0.3) is 10.0 Å². The van der Waals surface area contributed by atoms with E-state index in [1.807, 2.05) is 51.1 Å². The van der Waals surface area contributed by atoms with E-state index in [-0.39, 0.29) is 28.5 Å². The van der Waals surface area contributed by atoms with Crippen LogP contribution in [0.15, 0.2) is 64.5 Å². The summed E-state index contributed by atoms with van der Waals surface area (Å²) in [6.07, 6.45) is 0. The minimum absolute atomic E-state index is 0.0863. The summed E-state index contributed by atoms with van der Waals surface area (Å²) in [5.41, 5.74) is 1.64. The van der Waals surface area contributed by atoms with Gasteiger partial charge >= 0.3 is 0 Å². The quantitative estimate of drug-likeness (QED) is 0.783. The van der Waals surface area contributed by atoms with Crippen molar-refractivity contribution in [3.63, 3.8) is 0 Å². The van der Waals surface area contributed by atoms with E-state index >= 15 is 0 Å². The Balaban J connectivity index is 1.77. The lowest BCUT2D eigenvalue weighted by Crippen LogP contribution is -2.40. The molecule has 148 valence electrons. The third kappa shape index (κ3) is 4.25. The number of carbonyl (C=O) groups excluding carboxylic acids is 1. The summed E-state index contributed by atoms with van der Waals surface area (Å²) in [5.74, 6) is 0.0857. The number of carbonyl (C=O) groups is 1. The molecule has 0 fully saturated rings. The molecule has 3 rings (SSSR count). The van der Waals surface area contributed by atoms with E-state index in [0.717, 1.165) is 5.56 Å². The van der Waals surface area contributed by atoms with Gasteiger partial charge in [-0.15, -0.1) is 0 Å². The summed E-state index contributed by atoms with van der Waals surface area (Å²) in [6.45, 7) is 6.32. The van der Waals surface area contributed by atoms with Crippen molar-refractivity contribution in [1.82, 2.24) is 10.0 Å². The number of hydrogen-bond donors (Lipinski definition) is 2. The highest BCUT2D eigenvalue weighted by atomic mass is 32.2. The van der Waals surface area contributed by atoms with Crippen LogP contribution in [0.4, 0.5) is 0 Å². The van der Waals surface area contributed by atoms with Crippen molar-refractivity contribution in [2.45, 2.75) is 37.6 Å². The SMILES string of the molecule is CC(CNC(=O)C(N=C1NS(=O)(=O)c2ccccc21)C(C)C)c1ccccc1. The maximum atomic E-state index is 12.8. The van der Waals surface area contributed by atoms with Crippen molar-refractivity contribution in [1.29, 1.82) is 0 Å². The second kappa shape index (κ2) is 8.14. The van der Waals surface area contributed by atoms with Gasteiger partial charge in [-0.3, -0.25) is 14.5 Å². The monoisotopic (exact) mass is 399 g/mol. The number of rotatable bonds is 6. The van der Waals surface area contributed by atoms with Gasteiger partial charge in [-0.05, 0) is 29.5 Å². The van der Waals surface area contributed by atoms with E-state index in [1.165, 1.54) is 6.07 Å². The molecule has 0 aromatic heterocycles. The second-order valence-corrected chi connectivity index (χ2v) is 8.98. The molecule has 0 spiro atoms. The molecule has 2 atom stereocenters. The zero-order chi connectivity index (χ0) is 20.3. The summed E-state index contributed by atoms with van der Waals surface area (Å²) in [4.78, 5) is 17.5. The highest BCUT2D eigenvalue weighted by molar-refractivity contribution is 7.90. The summed E-state index contributed by atoms with van der Waals surface area (Å²) >= 11 is 0. The summed E-state index contributed by atoms with van der Waals surface area (Å²) in [5, 5.41) is 2.96. The lowest BCUT2D eigenvalue weighted by Gasteiger charge is -2.19. The molecule has 0 radical (unpaired) electrons. The van der Waals surface area contributed by atoms with Crippen LogP contribution >= 0.6 is 0 Å². The van der Waals surface area contributed by atoms with Gasteiger partial charge in [-0.25, -0.2) is 8.42 Å². The van der Waals surface area contributed by atoms with E-state index in [2.05, 4.69) is 15.0 Å². The normalized spacial score (nSPS) is 18.4. The molecular weight excluding hydrogens is 374 g/mol. The lowest BCUT2D eigenvalue weighted by atomic mass is 10.00. The Labute approximate surface area is 166 Å². The highest BCUT2D eigenvalue weighted by Crippen LogP contribution is 2.23. The van der Waals surface area contributed by atoms with Crippen LogP contribution in [0.5, 0.6) is 0 Å². The second-order valence-electron chi connectivity index (χ2n) is 7.33. The number of sulfonamides is 1. The summed E-state index contributed by atoms with van der Waals surface area (Å²) in [6, 6.07) is 15.9. The van der Waals surface area contributed by atoms with Crippen molar-refractivity contribution < 1.29 is 13.2 Å². The van der Waals surface area contributed by atoms with E-state index in [1.54, 1.807) is 18.2 Å². The fourth-order valence-electron chi connectivity index (χ4n) is 3.14. The van der Waals surface area contributed by atoms with Crippen LogP contribution in [0.3, 0.4) is 0 Å². The van der Waals surface area contributed by atoms with E-state index in [9.17, 15) is 13.2 Å². The minimum Gasteiger partial charge on any atom is -0.354 e. The third-order valence-electron chi connectivity index (χ3n) is 4.78. The molecule has 0 aliphatic carbocycles. The van der Waals surface area contributed by atoms with Crippen LogP contribution in [0, 0.1) is 5.92 Å².